The van der Waals surface area contributed by atoms with Crippen LogP contribution in [0.5, 0.6) is 121 Å². The number of methoxy groups -OCH3 is 9. The van der Waals surface area contributed by atoms with Crippen molar-refractivity contribution in [1.29, 1.82) is 0 Å². The summed E-state index contributed by atoms with van der Waals surface area (Å²) in [6.45, 7) is 11.7. The minimum Gasteiger partial charge on any atom is -0.493 e. The Bertz CT molecular complexity index is 7250. The van der Waals surface area contributed by atoms with Crippen molar-refractivity contribution in [3.63, 3.8) is 0 Å². The first-order valence-corrected chi connectivity index (χ1v) is 52.3. The van der Waals surface area contributed by atoms with E-state index in [9.17, 15) is 10.1 Å². The minimum absolute atomic E-state index is 0.0415. The molecule has 24 rings (SSSR count). The van der Waals surface area contributed by atoms with Crippen molar-refractivity contribution in [3.8, 4) is 121 Å². The lowest BCUT2D eigenvalue weighted by molar-refractivity contribution is -0.386. The summed E-state index contributed by atoms with van der Waals surface area (Å²) >= 11 is 10.9. The van der Waals surface area contributed by atoms with Crippen LogP contribution in [0.15, 0.2) is 168 Å². The first-order valence-electron chi connectivity index (χ1n) is 49.1. The lowest BCUT2D eigenvalue weighted by Gasteiger charge is -2.38. The molecule has 12 heterocycles. The normalized spacial score (nSPS) is 18.4. The number of halogens is 2. The van der Waals surface area contributed by atoms with Gasteiger partial charge in [0.15, 0.2) is 63.2 Å². The van der Waals surface area contributed by atoms with Gasteiger partial charge in [-0.05, 0) is 342 Å². The number of benzene rings is 12. The predicted octanol–water partition coefficient (Wildman–Crippen LogP) is 21.7. The van der Waals surface area contributed by atoms with Crippen molar-refractivity contribution < 1.29 is 101 Å². The third-order valence-electron chi connectivity index (χ3n) is 30.1. The van der Waals surface area contributed by atoms with Crippen LogP contribution >= 0.6 is 27.5 Å². The molecule has 12 aromatic rings. The number of ether oxygens (including phenoxy) is 15. The fourth-order valence-corrected chi connectivity index (χ4v) is 23.3. The van der Waals surface area contributed by atoms with Crippen LogP contribution in [0.25, 0.3) is 0 Å². The smallest absolute Gasteiger partial charge is 0.425 e. The van der Waals surface area contributed by atoms with E-state index in [2.05, 4.69) is 204 Å². The largest absolute Gasteiger partial charge is 0.493 e. The highest BCUT2D eigenvalue weighted by molar-refractivity contribution is 9.10. The lowest BCUT2D eigenvalue weighted by atomic mass is 9.86. The number of hydrogen-bond donors (Lipinski definition) is 0. The van der Waals surface area contributed by atoms with E-state index in [0.717, 1.165) is 179 Å². The molecule has 12 aromatic carbocycles. The average molecular weight is 2140 g/mol. The van der Waals surface area contributed by atoms with Crippen molar-refractivity contribution in [2.24, 2.45) is 0 Å². The number of nitro benzene ring substituents is 1. The molecule has 0 spiro atoms. The summed E-state index contributed by atoms with van der Waals surface area (Å²) in [6.07, 6.45) is 9.55. The van der Waals surface area contributed by atoms with Gasteiger partial charge in [-0.2, -0.15) is 0 Å². The molecule has 0 amide bonds. The molecule has 0 saturated carbocycles. The van der Waals surface area contributed by atoms with E-state index in [1.54, 1.807) is 49.8 Å². The zero-order valence-corrected chi connectivity index (χ0v) is 90.3. The maximum absolute atomic E-state index is 12.7. The molecular formula is C114H123BrClN7O23S2. The Balaban J connectivity index is 0.000000146. The van der Waals surface area contributed by atoms with Crippen LogP contribution in [-0.4, -0.2) is 205 Å². The molecule has 12 aliphatic rings. The van der Waals surface area contributed by atoms with E-state index in [4.69, 9.17) is 108 Å². The SMILES string of the molecule is COc1cc(Cl)c2cc1Oc1ccc(cc1)C[C@H]1c3cc(c(C)cc3CCN1C)Oc1c(OC)c(OC)c(Br)c3c1[C@H](C2)N(C)CC3.COc1ccc2cc1Oc1ccc(cc1)C[C@H]1c3cc(c(C)cc3CCN1C)Oc1c(OC)c(OC)c([N+](=O)[O-])c3c1[C@H](C2)N(C)CC3.COc1ccc2cc1Oc1ccc(cc1)C[C@H]1c3cc(c(C)cc3CCN1C)Oc1c(OC)c(OC)cc3c1[C@H](C2)N(C)CC3.O=S(=O)=O.O=S(=O)=O. The van der Waals surface area contributed by atoms with E-state index in [1.165, 1.54) is 69.9 Å². The highest BCUT2D eigenvalue weighted by atomic mass is 79.9. The molecule has 778 valence electrons. The molecule has 0 unspecified atom stereocenters. The van der Waals surface area contributed by atoms with Crippen LogP contribution in [-0.2, 0) is 98.3 Å². The van der Waals surface area contributed by atoms with E-state index in [0.29, 0.717) is 117 Å². The topological polar surface area (TPSA) is 303 Å². The molecule has 6 atom stereocenters. The average Bonchev–Trinajstić information content (AvgIpc) is 0.745. The van der Waals surface area contributed by atoms with Gasteiger partial charge in [-0.15, -0.1) is 25.3 Å². The fraction of sp³-hybridized carbons (Fsp3) is 0.368. The molecule has 18 bridgehead atoms. The monoisotopic (exact) mass is 2140 g/mol. The molecule has 0 radical (unpaired) electrons. The van der Waals surface area contributed by atoms with Gasteiger partial charge >= 0.3 is 26.9 Å². The van der Waals surface area contributed by atoms with Crippen LogP contribution in [0.2, 0.25) is 5.02 Å². The van der Waals surface area contributed by atoms with Crippen LogP contribution in [0.1, 0.15) is 153 Å². The highest BCUT2D eigenvalue weighted by Crippen LogP contribution is 2.60. The minimum atomic E-state index is -3.11. The van der Waals surface area contributed by atoms with Crippen LogP contribution < -0.4 is 71.1 Å². The Kier molecular flexibility index (Phi) is 32.9. The summed E-state index contributed by atoms with van der Waals surface area (Å²) in [4.78, 5) is 26.6. The van der Waals surface area contributed by atoms with Crippen molar-refractivity contribution in [2.45, 2.75) is 134 Å². The van der Waals surface area contributed by atoms with Crippen LogP contribution in [0.3, 0.4) is 0 Å². The Morgan fingerprint density at radius 2 is 0.635 bits per heavy atom. The van der Waals surface area contributed by atoms with Crippen molar-refractivity contribution in [3.05, 3.63) is 300 Å². The third-order valence-corrected chi connectivity index (χ3v) is 31.2. The molecule has 0 N–H and O–H groups in total. The van der Waals surface area contributed by atoms with Gasteiger partial charge < -0.3 is 71.1 Å². The summed E-state index contributed by atoms with van der Waals surface area (Å²) in [5.41, 5.74) is 23.6. The van der Waals surface area contributed by atoms with Gasteiger partial charge in [-0.3, -0.25) is 39.5 Å². The Morgan fingerprint density at radius 3 is 1.01 bits per heavy atom. The number of rotatable bonds is 10. The molecule has 12 aliphatic heterocycles. The van der Waals surface area contributed by atoms with Gasteiger partial charge in [0.25, 0.3) is 0 Å². The zero-order chi connectivity index (χ0) is 105. The molecule has 148 heavy (non-hydrogen) atoms. The Morgan fingerprint density at radius 1 is 0.318 bits per heavy atom. The van der Waals surface area contributed by atoms with Gasteiger partial charge in [0.2, 0.25) is 23.0 Å². The number of fused-ring (bicyclic) bond motifs is 6. The predicted molar refractivity (Wildman–Crippen MR) is 566 cm³/mol. The van der Waals surface area contributed by atoms with Gasteiger partial charge in [-0.25, -0.2) is 0 Å². The zero-order valence-electron chi connectivity index (χ0n) is 86.4. The van der Waals surface area contributed by atoms with Gasteiger partial charge in [-0.1, -0.05) is 78.3 Å². The maximum atomic E-state index is 12.7. The molecule has 0 aliphatic carbocycles. The second-order valence-corrected chi connectivity index (χ2v) is 40.7. The summed E-state index contributed by atoms with van der Waals surface area (Å²) in [5.74, 6) is 13.0. The lowest BCUT2D eigenvalue weighted by Crippen LogP contribution is -2.34. The Hall–Kier alpha value is -13.2. The van der Waals surface area contributed by atoms with E-state index >= 15 is 0 Å². The summed E-state index contributed by atoms with van der Waals surface area (Å²) in [5, 5.41) is 13.3. The van der Waals surface area contributed by atoms with Crippen molar-refractivity contribution in [1.82, 2.24) is 29.4 Å². The second-order valence-electron chi connectivity index (χ2n) is 38.7. The number of aryl methyl sites for hydroxylation is 3. The number of nitro groups is 1. The first-order chi connectivity index (χ1) is 71.2. The van der Waals surface area contributed by atoms with Gasteiger partial charge in [0.1, 0.15) is 34.5 Å². The molecular weight excluding hydrogens is 2010 g/mol. The number of hydrogen-bond acceptors (Lipinski definition) is 29. The van der Waals surface area contributed by atoms with E-state index in [-0.39, 0.29) is 58.4 Å². The Labute approximate surface area is 879 Å². The number of likely N-dealkylation sites (N-methyl/N-ethyl adjacent to an activating group) is 6. The van der Waals surface area contributed by atoms with Crippen LogP contribution in [0, 0.1) is 30.9 Å². The highest BCUT2D eigenvalue weighted by Gasteiger charge is 2.44. The molecule has 0 aromatic heterocycles. The van der Waals surface area contributed by atoms with E-state index < -0.39 is 21.2 Å². The fourth-order valence-electron chi connectivity index (χ4n) is 22.3. The van der Waals surface area contributed by atoms with Gasteiger partial charge in [0, 0.05) is 109 Å². The van der Waals surface area contributed by atoms with Gasteiger partial charge in [0.05, 0.1) is 73.4 Å². The molecule has 0 saturated heterocycles. The van der Waals surface area contributed by atoms with Crippen molar-refractivity contribution in [2.75, 3.05) is 146 Å². The van der Waals surface area contributed by atoms with E-state index in [1.807, 2.05) is 67.7 Å². The molecule has 34 heteroatoms. The van der Waals surface area contributed by atoms with Crippen molar-refractivity contribution >= 4 is 54.4 Å². The summed E-state index contributed by atoms with van der Waals surface area (Å²) in [7, 11) is 21.4. The standard InChI is InChI=1S/C38H40BrClN2O5.C38H41N3O7.C38H42N2O5.2O3S/c1-21-15-23-11-13-41(2)29-16-22-7-9-25(10-8-22)46-33-18-24(28(40)20-32(33)43-4)17-30-34-26(12-14-42(30)3)35(39)37(44-5)38(45-6)36(34)47-31(21)19-27(23)29;1-22-17-25-13-15-39(2)29-18-23-7-10-26(11-8-23)47-33-20-24(9-12-31(33)44-4)19-30-34-27(14-16-40(30)3)35(41(42)43)37(45-5)38(46-6)36(34)48-32(22)21-28(25)29;1-23-17-26-13-15-39(2)30-18-24-7-10-28(11-8-24)44-34-20-25(9-12-32(34)41-4)19-31-36-27(14-16-40(31)3)21-35(42-5)37(43-6)38(36)45-33(23)22-29(26)30;2*1-4(2)3/h7-10,15,18-20,29-30H,11-14,16-17H2,1-6H3;7-12,17,20-21,29-30H,13-16,18-19H2,1-6H3;7-12,17,20-22,30-31H,13-16,18-19H2,1-6H3;;/t2*29-,30-;30-,31-;;/m000../s1. The second kappa shape index (κ2) is 45.9. The summed E-state index contributed by atoms with van der Waals surface area (Å²) < 4.78 is 145. The molecule has 0 fully saturated rings. The molecule has 30 nitrogen and oxygen atoms in total. The third kappa shape index (κ3) is 22.1. The van der Waals surface area contributed by atoms with Crippen LogP contribution in [0.4, 0.5) is 5.69 Å². The quantitative estimate of drug-likeness (QED) is 0.0907. The first kappa shape index (κ1) is 106. The number of nitrogens with zero attached hydrogens (tertiary/aromatic N) is 7. The maximum Gasteiger partial charge on any atom is 0.425 e. The summed E-state index contributed by atoms with van der Waals surface area (Å²) in [6, 6.07) is 57.0.